The van der Waals surface area contributed by atoms with Gasteiger partial charge in [0.2, 0.25) is 0 Å². The van der Waals surface area contributed by atoms with Crippen molar-refractivity contribution in [1.29, 1.82) is 0 Å². The van der Waals surface area contributed by atoms with Crippen LogP contribution in [0.5, 0.6) is 5.75 Å². The van der Waals surface area contributed by atoms with Crippen molar-refractivity contribution in [1.82, 2.24) is 10.3 Å². The van der Waals surface area contributed by atoms with E-state index in [1.54, 1.807) is 6.07 Å². The summed E-state index contributed by atoms with van der Waals surface area (Å²) in [4.78, 5) is 16.5. The van der Waals surface area contributed by atoms with Crippen molar-refractivity contribution in [3.05, 3.63) is 71.9 Å². The van der Waals surface area contributed by atoms with Crippen molar-refractivity contribution in [3.8, 4) is 5.75 Å². The zero-order valence-electron chi connectivity index (χ0n) is 13.0. The smallest absolute Gasteiger partial charge is 0.270 e. The summed E-state index contributed by atoms with van der Waals surface area (Å²) in [6.45, 7) is 2.87. The summed E-state index contributed by atoms with van der Waals surface area (Å²) >= 11 is 0. The molecule has 0 aliphatic rings. The topological polar surface area (TPSA) is 51.2 Å². The maximum absolute atomic E-state index is 12.1. The highest BCUT2D eigenvalue weighted by Crippen LogP contribution is 2.12. The second-order valence-corrected chi connectivity index (χ2v) is 5.31. The van der Waals surface area contributed by atoms with Crippen LogP contribution in [-0.2, 0) is 0 Å². The van der Waals surface area contributed by atoms with Crippen LogP contribution in [0.25, 0.3) is 10.9 Å². The van der Waals surface area contributed by atoms with Crippen molar-refractivity contribution >= 4 is 16.8 Å². The van der Waals surface area contributed by atoms with Gasteiger partial charge >= 0.3 is 0 Å². The summed E-state index contributed by atoms with van der Waals surface area (Å²) in [5, 5.41) is 3.84. The van der Waals surface area contributed by atoms with E-state index in [0.29, 0.717) is 18.8 Å². The van der Waals surface area contributed by atoms with Gasteiger partial charge in [0.1, 0.15) is 18.1 Å². The molecule has 0 aliphatic carbocycles. The first-order chi connectivity index (χ1) is 11.2. The lowest BCUT2D eigenvalue weighted by molar-refractivity contribution is 0.0942. The fourth-order valence-corrected chi connectivity index (χ4v) is 2.32. The highest BCUT2D eigenvalue weighted by atomic mass is 16.5. The quantitative estimate of drug-likeness (QED) is 0.735. The lowest BCUT2D eigenvalue weighted by Crippen LogP contribution is -2.28. The molecule has 2 aromatic carbocycles. The number of carbonyl (C=O) groups is 1. The van der Waals surface area contributed by atoms with Crippen LogP contribution >= 0.6 is 0 Å². The molecule has 1 N–H and O–H groups in total. The van der Waals surface area contributed by atoms with Gasteiger partial charge in [-0.2, -0.15) is 0 Å². The van der Waals surface area contributed by atoms with Crippen LogP contribution in [-0.4, -0.2) is 24.0 Å². The van der Waals surface area contributed by atoms with E-state index >= 15 is 0 Å². The number of nitrogens with zero attached hydrogens (tertiary/aromatic N) is 1. The summed E-state index contributed by atoms with van der Waals surface area (Å²) < 4.78 is 5.61. The number of amides is 1. The van der Waals surface area contributed by atoms with Crippen molar-refractivity contribution in [2.75, 3.05) is 13.2 Å². The number of nitrogens with one attached hydrogen (secondary N) is 1. The van der Waals surface area contributed by atoms with Gasteiger partial charge in [-0.1, -0.05) is 36.4 Å². The van der Waals surface area contributed by atoms with E-state index in [9.17, 15) is 4.79 Å². The molecular weight excluding hydrogens is 288 g/mol. The molecule has 0 saturated carbocycles. The van der Waals surface area contributed by atoms with Crippen LogP contribution in [0.4, 0.5) is 0 Å². The standard InChI is InChI=1S/C19H18N2O2/c1-14-5-4-7-16(13-14)23-12-11-20-19(22)18-10-9-15-6-2-3-8-17(15)21-18/h2-10,13H,11-12H2,1H3,(H,20,22). The van der Waals surface area contributed by atoms with Gasteiger partial charge in [0.05, 0.1) is 12.1 Å². The minimum absolute atomic E-state index is 0.191. The first-order valence-electron chi connectivity index (χ1n) is 7.56. The highest BCUT2D eigenvalue weighted by Gasteiger charge is 2.07. The van der Waals surface area contributed by atoms with Crippen LogP contribution in [0, 0.1) is 6.92 Å². The summed E-state index contributed by atoms with van der Waals surface area (Å²) in [5.41, 5.74) is 2.38. The third-order valence-corrected chi connectivity index (χ3v) is 3.48. The van der Waals surface area contributed by atoms with Crippen LogP contribution in [0.2, 0.25) is 0 Å². The predicted octanol–water partition coefficient (Wildman–Crippen LogP) is 3.35. The van der Waals surface area contributed by atoms with Crippen molar-refractivity contribution in [2.24, 2.45) is 0 Å². The lowest BCUT2D eigenvalue weighted by atomic mass is 10.2. The normalized spacial score (nSPS) is 10.5. The monoisotopic (exact) mass is 306 g/mol. The Morgan fingerprint density at radius 1 is 1.09 bits per heavy atom. The number of rotatable bonds is 5. The Morgan fingerprint density at radius 2 is 1.96 bits per heavy atom. The number of carbonyl (C=O) groups excluding carboxylic acids is 1. The summed E-state index contributed by atoms with van der Waals surface area (Å²) in [6, 6.07) is 19.2. The molecule has 0 bridgehead atoms. The molecule has 3 rings (SSSR count). The Labute approximate surface area is 135 Å². The SMILES string of the molecule is Cc1cccc(OCCNC(=O)c2ccc3ccccc3n2)c1. The molecule has 1 amide bonds. The van der Waals surface area contributed by atoms with E-state index in [0.717, 1.165) is 22.2 Å². The fraction of sp³-hybridized carbons (Fsp3) is 0.158. The Morgan fingerprint density at radius 3 is 2.83 bits per heavy atom. The average Bonchev–Trinajstić information content (AvgIpc) is 2.58. The third kappa shape index (κ3) is 3.86. The zero-order valence-corrected chi connectivity index (χ0v) is 13.0. The number of hydrogen-bond donors (Lipinski definition) is 1. The van der Waals surface area contributed by atoms with Crippen molar-refractivity contribution < 1.29 is 9.53 Å². The van der Waals surface area contributed by atoms with Gasteiger partial charge < -0.3 is 10.1 Å². The third-order valence-electron chi connectivity index (χ3n) is 3.48. The Hall–Kier alpha value is -2.88. The van der Waals surface area contributed by atoms with E-state index in [-0.39, 0.29) is 5.91 Å². The molecule has 23 heavy (non-hydrogen) atoms. The molecule has 4 nitrogen and oxygen atoms in total. The van der Waals surface area contributed by atoms with E-state index < -0.39 is 0 Å². The number of pyridine rings is 1. The summed E-state index contributed by atoms with van der Waals surface area (Å²) in [7, 11) is 0. The Bertz CT molecular complexity index is 830. The summed E-state index contributed by atoms with van der Waals surface area (Å²) in [5.74, 6) is 0.617. The maximum Gasteiger partial charge on any atom is 0.270 e. The second kappa shape index (κ2) is 6.92. The number of aromatic nitrogens is 1. The maximum atomic E-state index is 12.1. The summed E-state index contributed by atoms with van der Waals surface area (Å²) in [6.07, 6.45) is 0. The number of para-hydroxylation sites is 1. The van der Waals surface area contributed by atoms with Gasteiger partial charge in [-0.05, 0) is 36.8 Å². The first kappa shape index (κ1) is 15.0. The van der Waals surface area contributed by atoms with E-state index in [1.807, 2.05) is 61.5 Å². The number of aryl methyl sites for hydroxylation is 1. The molecule has 0 spiro atoms. The van der Waals surface area contributed by atoms with Gasteiger partial charge in [0.15, 0.2) is 0 Å². The van der Waals surface area contributed by atoms with Crippen LogP contribution < -0.4 is 10.1 Å². The molecule has 0 atom stereocenters. The fourth-order valence-electron chi connectivity index (χ4n) is 2.32. The molecule has 4 heteroatoms. The van der Waals surface area contributed by atoms with E-state index in [4.69, 9.17) is 4.74 Å². The highest BCUT2D eigenvalue weighted by molar-refractivity contribution is 5.94. The molecule has 1 aromatic heterocycles. The van der Waals surface area contributed by atoms with Crippen molar-refractivity contribution in [2.45, 2.75) is 6.92 Å². The van der Waals surface area contributed by atoms with Gasteiger partial charge in [-0.25, -0.2) is 4.98 Å². The van der Waals surface area contributed by atoms with Crippen LogP contribution in [0.3, 0.4) is 0 Å². The molecular formula is C19H18N2O2. The van der Waals surface area contributed by atoms with Crippen LogP contribution in [0.15, 0.2) is 60.7 Å². The number of hydrogen-bond acceptors (Lipinski definition) is 3. The molecule has 1 heterocycles. The average molecular weight is 306 g/mol. The zero-order chi connectivity index (χ0) is 16.1. The molecule has 0 fully saturated rings. The molecule has 0 unspecified atom stereocenters. The predicted molar refractivity (Wildman–Crippen MR) is 90.8 cm³/mol. The number of benzene rings is 2. The minimum Gasteiger partial charge on any atom is -0.492 e. The van der Waals surface area contributed by atoms with Crippen molar-refractivity contribution in [3.63, 3.8) is 0 Å². The van der Waals surface area contributed by atoms with E-state index in [1.165, 1.54) is 0 Å². The molecule has 3 aromatic rings. The largest absolute Gasteiger partial charge is 0.492 e. The Kier molecular flexibility index (Phi) is 4.52. The first-order valence-corrected chi connectivity index (χ1v) is 7.56. The molecule has 0 aliphatic heterocycles. The lowest BCUT2D eigenvalue weighted by Gasteiger charge is -2.08. The Balaban J connectivity index is 1.54. The number of fused-ring (bicyclic) bond motifs is 1. The van der Waals surface area contributed by atoms with Gasteiger partial charge in [0.25, 0.3) is 5.91 Å². The second-order valence-electron chi connectivity index (χ2n) is 5.31. The van der Waals surface area contributed by atoms with Gasteiger partial charge in [-0.3, -0.25) is 4.79 Å². The van der Waals surface area contributed by atoms with Crippen LogP contribution in [0.1, 0.15) is 16.1 Å². The minimum atomic E-state index is -0.191. The molecule has 0 saturated heterocycles. The van der Waals surface area contributed by atoms with E-state index in [2.05, 4.69) is 10.3 Å². The van der Waals surface area contributed by atoms with Gasteiger partial charge in [0, 0.05) is 5.39 Å². The number of ether oxygens (including phenoxy) is 1. The molecule has 116 valence electrons. The van der Waals surface area contributed by atoms with Gasteiger partial charge in [-0.15, -0.1) is 0 Å². The molecule has 0 radical (unpaired) electrons.